The fourth-order valence-corrected chi connectivity index (χ4v) is 9.38. The van der Waals surface area contributed by atoms with Crippen LogP contribution in [0.1, 0.15) is 65.2 Å². The lowest BCUT2D eigenvalue weighted by Crippen LogP contribution is -2.11. The van der Waals surface area contributed by atoms with Crippen molar-refractivity contribution in [2.24, 2.45) is 11.8 Å². The molecule has 0 amide bonds. The number of thiophene rings is 2. The highest BCUT2D eigenvalue weighted by atomic mass is 32.1. The summed E-state index contributed by atoms with van der Waals surface area (Å²) in [5.41, 5.74) is 5.44. The molecule has 4 aromatic rings. The van der Waals surface area contributed by atoms with Crippen molar-refractivity contribution in [1.29, 1.82) is 21.0 Å². The maximum absolute atomic E-state index is 13.7. The van der Waals surface area contributed by atoms with Gasteiger partial charge in [-0.15, -0.1) is 22.7 Å². The van der Waals surface area contributed by atoms with E-state index in [-0.39, 0.29) is 28.6 Å². The summed E-state index contributed by atoms with van der Waals surface area (Å²) in [6.07, 6.45) is 9.07. The number of benzene rings is 1. The lowest BCUT2D eigenvalue weighted by molar-refractivity contribution is -0.117. The molecule has 1 aromatic carbocycles. The quantitative estimate of drug-likeness (QED) is 0.155. The molecule has 3 aliphatic carbocycles. The molecule has 2 atom stereocenters. The maximum Gasteiger partial charge on any atom is 0.194 e. The number of allylic oxidation sites excluding steroid dienone is 8. The average Bonchev–Trinajstić information content (AvgIpc) is 3.89. The first-order chi connectivity index (χ1) is 23.3. The van der Waals surface area contributed by atoms with Crippen molar-refractivity contribution in [3.8, 4) is 24.3 Å². The summed E-state index contributed by atoms with van der Waals surface area (Å²) in [4.78, 5) is 28.9. The molecule has 1 fully saturated rings. The first-order valence-electron chi connectivity index (χ1n) is 15.8. The zero-order valence-corrected chi connectivity index (χ0v) is 27.9. The summed E-state index contributed by atoms with van der Waals surface area (Å²) in [5.74, 6) is -0.170. The Morgan fingerprint density at radius 2 is 1.48 bits per heavy atom. The summed E-state index contributed by atoms with van der Waals surface area (Å²) >= 11 is 3.11. The number of fused-ring (bicyclic) bond motifs is 5. The molecule has 1 saturated carbocycles. The van der Waals surface area contributed by atoms with Crippen molar-refractivity contribution in [3.63, 3.8) is 0 Å². The molecule has 48 heavy (non-hydrogen) atoms. The predicted octanol–water partition coefficient (Wildman–Crippen LogP) is 9.08. The van der Waals surface area contributed by atoms with E-state index in [1.165, 1.54) is 0 Å². The maximum atomic E-state index is 13.7. The van der Waals surface area contributed by atoms with Crippen LogP contribution in [0.15, 0.2) is 75.9 Å². The highest BCUT2D eigenvalue weighted by Gasteiger charge is 2.40. The van der Waals surface area contributed by atoms with Gasteiger partial charge in [0.05, 0.1) is 20.4 Å². The molecule has 232 valence electrons. The smallest absolute Gasteiger partial charge is 0.194 e. The fraction of sp³-hybridized carbons (Fsp3) is 0.231. The molecular formula is C39H27N5O2S2. The third-order valence-corrected chi connectivity index (χ3v) is 11.8. The summed E-state index contributed by atoms with van der Waals surface area (Å²) in [5, 5.41) is 39.1. The van der Waals surface area contributed by atoms with Gasteiger partial charge in [0.25, 0.3) is 0 Å². The van der Waals surface area contributed by atoms with Gasteiger partial charge in [-0.05, 0) is 60.6 Å². The van der Waals surface area contributed by atoms with Gasteiger partial charge in [-0.25, -0.2) is 0 Å². The van der Waals surface area contributed by atoms with Gasteiger partial charge in [0.2, 0.25) is 0 Å². The van der Waals surface area contributed by atoms with Gasteiger partial charge in [-0.3, -0.25) is 9.59 Å². The molecule has 0 bridgehead atoms. The Balaban J connectivity index is 1.40. The lowest BCUT2D eigenvalue weighted by atomic mass is 9.88. The second kappa shape index (κ2) is 12.2. The number of hydrogen-bond acceptors (Lipinski definition) is 8. The van der Waals surface area contributed by atoms with Gasteiger partial charge in [0, 0.05) is 50.1 Å². The monoisotopic (exact) mass is 661 g/mol. The Morgan fingerprint density at radius 1 is 0.896 bits per heavy atom. The number of nitrogens with zero attached hydrogens (tertiary/aromatic N) is 5. The molecule has 7 nitrogen and oxygen atoms in total. The minimum atomic E-state index is -0.309. The van der Waals surface area contributed by atoms with Crippen molar-refractivity contribution in [3.05, 3.63) is 96.8 Å². The number of ketones is 2. The van der Waals surface area contributed by atoms with Gasteiger partial charge in [-0.2, -0.15) is 21.0 Å². The number of carbonyl (C=O) groups excluding carboxylic acids is 2. The van der Waals surface area contributed by atoms with Crippen LogP contribution in [0.2, 0.25) is 0 Å². The highest BCUT2D eigenvalue weighted by Crippen LogP contribution is 2.48. The van der Waals surface area contributed by atoms with E-state index in [2.05, 4.69) is 30.5 Å². The molecule has 3 aromatic heterocycles. The zero-order chi connectivity index (χ0) is 33.7. The molecule has 0 aliphatic heterocycles. The van der Waals surface area contributed by atoms with Crippen LogP contribution in [0.25, 0.3) is 38.2 Å². The zero-order valence-electron chi connectivity index (χ0n) is 26.3. The molecule has 9 heteroatoms. The van der Waals surface area contributed by atoms with Crippen molar-refractivity contribution < 1.29 is 9.59 Å². The van der Waals surface area contributed by atoms with Crippen LogP contribution in [0.3, 0.4) is 0 Å². The molecule has 0 saturated heterocycles. The first-order valence-corrected chi connectivity index (χ1v) is 17.4. The fourth-order valence-electron chi connectivity index (χ4n) is 7.02. The molecule has 0 N–H and O–H groups in total. The van der Waals surface area contributed by atoms with Crippen molar-refractivity contribution in [1.82, 2.24) is 4.57 Å². The van der Waals surface area contributed by atoms with Gasteiger partial charge in [0.15, 0.2) is 11.6 Å². The molecule has 0 radical (unpaired) electrons. The minimum Gasteiger partial charge on any atom is -0.339 e. The van der Waals surface area contributed by atoms with E-state index in [1.54, 1.807) is 53.0 Å². The Morgan fingerprint density at radius 3 is 2.08 bits per heavy atom. The van der Waals surface area contributed by atoms with Crippen LogP contribution in [0.5, 0.6) is 0 Å². The van der Waals surface area contributed by atoms with Crippen LogP contribution in [0, 0.1) is 57.2 Å². The largest absolute Gasteiger partial charge is 0.339 e. The third kappa shape index (κ3) is 4.80. The summed E-state index contributed by atoms with van der Waals surface area (Å²) in [6, 6.07) is 19.2. The minimum absolute atomic E-state index is 0.0288. The van der Waals surface area contributed by atoms with Gasteiger partial charge < -0.3 is 4.57 Å². The predicted molar refractivity (Wildman–Crippen MR) is 188 cm³/mol. The van der Waals surface area contributed by atoms with E-state index in [4.69, 9.17) is 0 Å². The highest BCUT2D eigenvalue weighted by molar-refractivity contribution is 7.28. The van der Waals surface area contributed by atoms with Crippen molar-refractivity contribution in [2.45, 2.75) is 46.1 Å². The Bertz CT molecular complexity index is 2410. The number of nitriles is 4. The molecule has 3 aliphatic rings. The molecule has 3 heterocycles. The number of aromatic nitrogens is 1. The Kier molecular flexibility index (Phi) is 7.90. The molecular weight excluding hydrogens is 635 g/mol. The van der Waals surface area contributed by atoms with E-state index >= 15 is 0 Å². The summed E-state index contributed by atoms with van der Waals surface area (Å²) in [6.45, 7) is 5.13. The normalized spacial score (nSPS) is 19.2. The Labute approximate surface area is 285 Å². The third-order valence-electron chi connectivity index (χ3n) is 9.49. The van der Waals surface area contributed by atoms with E-state index < -0.39 is 0 Å². The van der Waals surface area contributed by atoms with E-state index in [0.717, 1.165) is 61.6 Å². The first kappa shape index (κ1) is 31.0. The van der Waals surface area contributed by atoms with Crippen LogP contribution in [-0.4, -0.2) is 16.1 Å². The van der Waals surface area contributed by atoms with E-state index in [1.807, 2.05) is 36.4 Å². The standard InChI is InChI=1S/C39H27N5O2S2/c1-3-21(2)20-44-32-14-24(12-30-34(22(16-40)17-41)26-8-4-6-10-28(26)36(30)45)47-38(32)39-33(44)15-25(48-39)13-31-35(23(18-42)19-43)27-9-5-7-11-29(27)37(31)46/h4,6,8-10,12-15,21,29H,3,5,7,11,20H2,1-2H3/b30-12-,31-13-. The van der Waals surface area contributed by atoms with Crippen LogP contribution in [0.4, 0.5) is 0 Å². The molecule has 7 rings (SSSR count). The van der Waals surface area contributed by atoms with Crippen molar-refractivity contribution >= 4 is 72.4 Å². The van der Waals surface area contributed by atoms with E-state index in [9.17, 15) is 30.6 Å². The second-order valence-corrected chi connectivity index (χ2v) is 14.5. The SMILES string of the molecule is CCC(C)Cn1c2cc(/C=C3\C(=O)C4CCCC=C4C3=C(C#N)C#N)sc2c2sc(/C=C3\C(=O)c4ccccc4C3=C(C#N)C#N)cc21. The molecule has 2 unspecified atom stereocenters. The van der Waals surface area contributed by atoms with Crippen LogP contribution in [-0.2, 0) is 11.3 Å². The number of carbonyl (C=O) groups is 2. The van der Waals surface area contributed by atoms with Gasteiger partial charge in [-0.1, -0.05) is 50.6 Å². The summed E-state index contributed by atoms with van der Waals surface area (Å²) in [7, 11) is 0. The number of Topliss-reactive ketones (excluding diaryl/α,β-unsaturated/α-hetero) is 2. The lowest BCUT2D eigenvalue weighted by Gasteiger charge is -2.15. The van der Waals surface area contributed by atoms with Gasteiger partial charge in [0.1, 0.15) is 35.4 Å². The number of rotatable bonds is 5. The Hall–Kier alpha value is -5.58. The van der Waals surface area contributed by atoms with E-state index in [0.29, 0.717) is 45.8 Å². The van der Waals surface area contributed by atoms with Crippen molar-refractivity contribution in [2.75, 3.05) is 0 Å². The topological polar surface area (TPSA) is 134 Å². The average molecular weight is 662 g/mol. The van der Waals surface area contributed by atoms with Crippen LogP contribution >= 0.6 is 22.7 Å². The van der Waals surface area contributed by atoms with Crippen LogP contribution < -0.4 is 0 Å². The second-order valence-electron chi connectivity index (χ2n) is 12.3. The summed E-state index contributed by atoms with van der Waals surface area (Å²) < 4.78 is 4.39. The van der Waals surface area contributed by atoms with Gasteiger partial charge >= 0.3 is 0 Å². The molecule has 0 spiro atoms. The number of hydrogen-bond donors (Lipinski definition) is 0.